The minimum atomic E-state index is -0.709. The number of carbonyl (C=O) groups excluding carboxylic acids is 2. The number of nitro benzene ring substituents is 1. The first-order valence-electron chi connectivity index (χ1n) is 13.3. The molecule has 5 aromatic rings. The van der Waals surface area contributed by atoms with Crippen molar-refractivity contribution in [1.82, 2.24) is 10.4 Å². The Morgan fingerprint density at radius 1 is 1.02 bits per heavy atom. The number of esters is 1. The normalized spacial score (nSPS) is 11.0. The molecule has 1 heterocycles. The zero-order valence-electron chi connectivity index (χ0n) is 23.5. The van der Waals surface area contributed by atoms with Crippen molar-refractivity contribution in [3.63, 3.8) is 0 Å². The van der Waals surface area contributed by atoms with E-state index in [1.54, 1.807) is 38.3 Å². The number of H-pyrrole nitrogens is 1. The van der Waals surface area contributed by atoms with Crippen LogP contribution in [0.5, 0.6) is 17.2 Å². The van der Waals surface area contributed by atoms with Crippen LogP contribution in [-0.2, 0) is 0 Å². The molecule has 1 amide bonds. The SMILES string of the molecule is CCOc1cc(C=NNC(=O)c2[nH]c3ccc(OC)cc3c2-c2ccccc2Cl)ccc1OC(=O)c1ccc([N+](=O)[O-])cc1. The van der Waals surface area contributed by atoms with Gasteiger partial charge in [0.25, 0.3) is 11.6 Å². The number of hydrogen-bond donors (Lipinski definition) is 2. The van der Waals surface area contributed by atoms with Crippen molar-refractivity contribution in [3.8, 4) is 28.4 Å². The fraction of sp³-hybridized carbons (Fsp3) is 0.0938. The first kappa shape index (κ1) is 29.8. The van der Waals surface area contributed by atoms with E-state index in [9.17, 15) is 19.7 Å². The van der Waals surface area contributed by atoms with Gasteiger partial charge in [-0.2, -0.15) is 5.10 Å². The molecule has 0 saturated carbocycles. The second kappa shape index (κ2) is 13.1. The van der Waals surface area contributed by atoms with Crippen LogP contribution in [0.25, 0.3) is 22.0 Å². The number of rotatable bonds is 10. The summed E-state index contributed by atoms with van der Waals surface area (Å²) in [6.45, 7) is 2.06. The summed E-state index contributed by atoms with van der Waals surface area (Å²) in [5.74, 6) is -0.163. The van der Waals surface area contributed by atoms with Gasteiger partial charge in [0.05, 0.1) is 30.4 Å². The van der Waals surface area contributed by atoms with Gasteiger partial charge in [-0.3, -0.25) is 14.9 Å². The minimum absolute atomic E-state index is 0.137. The quantitative estimate of drug-likeness (QED) is 0.0581. The first-order valence-corrected chi connectivity index (χ1v) is 13.7. The van der Waals surface area contributed by atoms with Crippen LogP contribution in [0.4, 0.5) is 5.69 Å². The Hall–Kier alpha value is -5.68. The van der Waals surface area contributed by atoms with Crippen LogP contribution in [0.15, 0.2) is 90.0 Å². The molecule has 0 unspecified atom stereocenters. The molecular weight excluding hydrogens is 588 g/mol. The molecule has 12 heteroatoms. The topological polar surface area (TPSA) is 145 Å². The highest BCUT2D eigenvalue weighted by Gasteiger charge is 2.21. The first-order chi connectivity index (χ1) is 21.3. The number of aromatic amines is 1. The van der Waals surface area contributed by atoms with Crippen molar-refractivity contribution in [2.24, 2.45) is 5.10 Å². The van der Waals surface area contributed by atoms with Crippen molar-refractivity contribution in [2.45, 2.75) is 6.92 Å². The number of nitrogens with zero attached hydrogens (tertiary/aromatic N) is 2. The molecule has 0 atom stereocenters. The van der Waals surface area contributed by atoms with Crippen LogP contribution in [0.1, 0.15) is 33.3 Å². The smallest absolute Gasteiger partial charge is 0.343 e. The summed E-state index contributed by atoms with van der Waals surface area (Å²) < 4.78 is 16.5. The van der Waals surface area contributed by atoms with E-state index < -0.39 is 16.8 Å². The summed E-state index contributed by atoms with van der Waals surface area (Å²) in [5, 5.41) is 16.2. The molecule has 1 aromatic heterocycles. The molecule has 2 N–H and O–H groups in total. The summed E-state index contributed by atoms with van der Waals surface area (Å²) in [4.78, 5) is 39.5. The molecule has 0 aliphatic rings. The number of ether oxygens (including phenoxy) is 3. The molecule has 0 saturated heterocycles. The van der Waals surface area contributed by atoms with Crippen LogP contribution >= 0.6 is 11.6 Å². The number of nitrogens with one attached hydrogen (secondary N) is 2. The van der Waals surface area contributed by atoms with E-state index in [1.807, 2.05) is 30.3 Å². The zero-order valence-corrected chi connectivity index (χ0v) is 24.3. The predicted octanol–water partition coefficient (Wildman–Crippen LogP) is 6.79. The van der Waals surface area contributed by atoms with E-state index in [0.717, 1.165) is 10.9 Å². The van der Waals surface area contributed by atoms with Crippen molar-refractivity contribution in [1.29, 1.82) is 0 Å². The van der Waals surface area contributed by atoms with Gasteiger partial charge in [0.1, 0.15) is 11.4 Å². The largest absolute Gasteiger partial charge is 0.497 e. The number of nitro groups is 1. The molecule has 44 heavy (non-hydrogen) atoms. The number of non-ortho nitro benzene ring substituents is 1. The number of amides is 1. The Kier molecular flexibility index (Phi) is 8.87. The number of benzene rings is 4. The van der Waals surface area contributed by atoms with Gasteiger partial charge in [-0.15, -0.1) is 0 Å². The zero-order chi connectivity index (χ0) is 31.2. The molecule has 0 fully saturated rings. The van der Waals surface area contributed by atoms with E-state index in [1.165, 1.54) is 36.5 Å². The van der Waals surface area contributed by atoms with Crippen molar-refractivity contribution >= 4 is 46.3 Å². The lowest BCUT2D eigenvalue weighted by atomic mass is 10.0. The predicted molar refractivity (Wildman–Crippen MR) is 166 cm³/mol. The van der Waals surface area contributed by atoms with Gasteiger partial charge in [-0.1, -0.05) is 29.8 Å². The van der Waals surface area contributed by atoms with Crippen LogP contribution in [0, 0.1) is 10.1 Å². The average molecular weight is 613 g/mol. The second-order valence-corrected chi connectivity index (χ2v) is 9.71. The third-order valence-corrected chi connectivity index (χ3v) is 6.87. The van der Waals surface area contributed by atoms with Crippen molar-refractivity contribution in [2.75, 3.05) is 13.7 Å². The number of halogens is 1. The van der Waals surface area contributed by atoms with Gasteiger partial charge in [0, 0.05) is 39.2 Å². The highest BCUT2D eigenvalue weighted by molar-refractivity contribution is 6.34. The Bertz CT molecular complexity index is 1900. The van der Waals surface area contributed by atoms with E-state index in [-0.39, 0.29) is 35.1 Å². The molecule has 0 bridgehead atoms. The highest BCUT2D eigenvalue weighted by Crippen LogP contribution is 2.38. The summed E-state index contributed by atoms with van der Waals surface area (Å²) in [6.07, 6.45) is 1.42. The van der Waals surface area contributed by atoms with E-state index in [4.69, 9.17) is 25.8 Å². The van der Waals surface area contributed by atoms with Gasteiger partial charge in [-0.05, 0) is 67.1 Å². The molecule has 222 valence electrons. The monoisotopic (exact) mass is 612 g/mol. The lowest BCUT2D eigenvalue weighted by molar-refractivity contribution is -0.384. The highest BCUT2D eigenvalue weighted by atomic mass is 35.5. The van der Waals surface area contributed by atoms with Gasteiger partial charge in [0.2, 0.25) is 0 Å². The van der Waals surface area contributed by atoms with Gasteiger partial charge < -0.3 is 19.2 Å². The van der Waals surface area contributed by atoms with Gasteiger partial charge in [-0.25, -0.2) is 10.2 Å². The fourth-order valence-electron chi connectivity index (χ4n) is 4.47. The number of carbonyl (C=O) groups is 2. The maximum Gasteiger partial charge on any atom is 0.343 e. The van der Waals surface area contributed by atoms with Crippen LogP contribution in [0.3, 0.4) is 0 Å². The van der Waals surface area contributed by atoms with Crippen molar-refractivity contribution < 1.29 is 28.7 Å². The maximum absolute atomic E-state index is 13.4. The summed E-state index contributed by atoms with van der Waals surface area (Å²) in [5.41, 5.74) is 5.36. The number of hydrazone groups is 1. The van der Waals surface area contributed by atoms with E-state index >= 15 is 0 Å². The number of aromatic nitrogens is 1. The molecule has 0 aliphatic heterocycles. The van der Waals surface area contributed by atoms with Gasteiger partial charge in [0.15, 0.2) is 11.5 Å². The third-order valence-electron chi connectivity index (χ3n) is 6.54. The lowest BCUT2D eigenvalue weighted by Gasteiger charge is -2.11. The summed E-state index contributed by atoms with van der Waals surface area (Å²) in [6, 6.07) is 22.5. The standard InChI is InChI=1S/C32H25ClN4O7/c1-3-43-28-16-19(8-15-27(28)44-32(39)20-9-11-21(12-10-20)37(40)41)18-34-36-31(38)30-29(23-6-4-5-7-25(23)33)24-17-22(42-2)13-14-26(24)35-30/h4-18,35H,3H2,1-2H3,(H,36,38). The molecular formula is C32H25ClN4O7. The van der Waals surface area contributed by atoms with Crippen LogP contribution in [0.2, 0.25) is 5.02 Å². The van der Waals surface area contributed by atoms with Crippen LogP contribution in [-0.4, -0.2) is 41.7 Å². The van der Waals surface area contributed by atoms with Crippen LogP contribution < -0.4 is 19.6 Å². The Morgan fingerprint density at radius 2 is 1.80 bits per heavy atom. The Labute approximate surface area is 256 Å². The number of fused-ring (bicyclic) bond motifs is 1. The Balaban J connectivity index is 1.36. The molecule has 4 aromatic carbocycles. The van der Waals surface area contributed by atoms with Gasteiger partial charge >= 0.3 is 5.97 Å². The third kappa shape index (κ3) is 6.37. The molecule has 0 spiro atoms. The molecule has 0 aliphatic carbocycles. The molecule has 11 nitrogen and oxygen atoms in total. The minimum Gasteiger partial charge on any atom is -0.497 e. The number of methoxy groups -OCH3 is 1. The molecule has 0 radical (unpaired) electrons. The number of hydrogen-bond acceptors (Lipinski definition) is 8. The maximum atomic E-state index is 13.4. The lowest BCUT2D eigenvalue weighted by Crippen LogP contribution is -2.19. The average Bonchev–Trinajstić information content (AvgIpc) is 3.41. The Morgan fingerprint density at radius 3 is 2.50 bits per heavy atom. The molecule has 5 rings (SSSR count). The summed E-state index contributed by atoms with van der Waals surface area (Å²) >= 11 is 6.51. The van der Waals surface area contributed by atoms with E-state index in [0.29, 0.717) is 27.5 Å². The fourth-order valence-corrected chi connectivity index (χ4v) is 4.70. The second-order valence-electron chi connectivity index (χ2n) is 9.30. The summed E-state index contributed by atoms with van der Waals surface area (Å²) in [7, 11) is 1.57. The van der Waals surface area contributed by atoms with E-state index in [2.05, 4.69) is 15.5 Å². The van der Waals surface area contributed by atoms with Crippen molar-refractivity contribution in [3.05, 3.63) is 117 Å².